The fraction of sp³-hybridized carbons (Fsp3) is 0.500. The van der Waals surface area contributed by atoms with Crippen LogP contribution in [0, 0.1) is 5.82 Å². The fourth-order valence-electron chi connectivity index (χ4n) is 2.23. The molecule has 0 bridgehead atoms. The first-order valence-corrected chi connectivity index (χ1v) is 7.26. The number of anilines is 1. The fourth-order valence-corrected chi connectivity index (χ4v) is 2.57. The quantitative estimate of drug-likeness (QED) is 0.916. The molecule has 0 aliphatic carbocycles. The average molecular weight is 345 g/mol. The van der Waals surface area contributed by atoms with Crippen LogP contribution in [0.25, 0.3) is 0 Å². The second-order valence-electron chi connectivity index (χ2n) is 5.49. The van der Waals surface area contributed by atoms with Crippen LogP contribution in [0.1, 0.15) is 13.8 Å². The summed E-state index contributed by atoms with van der Waals surface area (Å²) in [7, 11) is 0. The smallest absolute Gasteiger partial charge is 0.238 e. The van der Waals surface area contributed by atoms with Gasteiger partial charge in [-0.15, -0.1) is 0 Å². The lowest BCUT2D eigenvalue weighted by molar-refractivity contribution is -0.122. The van der Waals surface area contributed by atoms with Gasteiger partial charge >= 0.3 is 0 Å². The molecule has 0 unspecified atom stereocenters. The summed E-state index contributed by atoms with van der Waals surface area (Å²) in [5, 5.41) is 2.59. The van der Waals surface area contributed by atoms with Crippen LogP contribution in [0.5, 0.6) is 0 Å². The number of benzene rings is 1. The predicted molar refractivity (Wildman–Crippen MR) is 79.2 cm³/mol. The van der Waals surface area contributed by atoms with Crippen LogP contribution in [0.15, 0.2) is 22.7 Å². The molecule has 6 heteroatoms. The normalized spacial score (nSPS) is 18.8. The number of hydrogen-bond acceptors (Lipinski definition) is 3. The molecule has 1 amide bonds. The van der Waals surface area contributed by atoms with Gasteiger partial charge in [0.1, 0.15) is 5.82 Å². The molecule has 20 heavy (non-hydrogen) atoms. The monoisotopic (exact) mass is 344 g/mol. The lowest BCUT2D eigenvalue weighted by atomic mass is 10.1. The largest absolute Gasteiger partial charge is 0.373 e. The summed E-state index contributed by atoms with van der Waals surface area (Å²) in [6.07, 6.45) is 0. The van der Waals surface area contributed by atoms with Crippen molar-refractivity contribution in [3.63, 3.8) is 0 Å². The van der Waals surface area contributed by atoms with E-state index in [1.165, 1.54) is 6.07 Å². The first-order valence-electron chi connectivity index (χ1n) is 6.47. The molecule has 110 valence electrons. The first kappa shape index (κ1) is 15.4. The van der Waals surface area contributed by atoms with Gasteiger partial charge in [-0.25, -0.2) is 4.39 Å². The van der Waals surface area contributed by atoms with Crippen LogP contribution in [0.2, 0.25) is 0 Å². The maximum absolute atomic E-state index is 13.6. The van der Waals surface area contributed by atoms with E-state index in [-0.39, 0.29) is 23.7 Å². The second-order valence-corrected chi connectivity index (χ2v) is 6.41. The molecule has 1 aromatic rings. The minimum atomic E-state index is -0.449. The second kappa shape index (κ2) is 6.20. The van der Waals surface area contributed by atoms with Gasteiger partial charge in [-0.2, -0.15) is 0 Å². The Kier molecular flexibility index (Phi) is 4.78. The molecule has 1 aliphatic heterocycles. The Morgan fingerprint density at radius 1 is 1.55 bits per heavy atom. The molecule has 0 atom stereocenters. The molecule has 2 rings (SSSR count). The Morgan fingerprint density at radius 3 is 2.95 bits per heavy atom. The first-order chi connectivity index (χ1) is 9.35. The van der Waals surface area contributed by atoms with Crippen molar-refractivity contribution < 1.29 is 13.9 Å². The van der Waals surface area contributed by atoms with E-state index >= 15 is 0 Å². The Balaban J connectivity index is 1.92. The minimum Gasteiger partial charge on any atom is -0.373 e. The highest BCUT2D eigenvalue weighted by Gasteiger charge is 2.28. The molecule has 1 N–H and O–H groups in total. The highest BCUT2D eigenvalue weighted by atomic mass is 79.9. The van der Waals surface area contributed by atoms with E-state index in [1.54, 1.807) is 12.1 Å². The number of ether oxygens (including phenoxy) is 1. The third kappa shape index (κ3) is 4.26. The third-order valence-electron chi connectivity index (χ3n) is 3.08. The lowest BCUT2D eigenvalue weighted by Crippen LogP contribution is -2.50. The number of nitrogens with one attached hydrogen (secondary N) is 1. The number of morpholine rings is 1. The van der Waals surface area contributed by atoms with Gasteiger partial charge in [0.25, 0.3) is 0 Å². The van der Waals surface area contributed by atoms with Crippen LogP contribution >= 0.6 is 15.9 Å². The molecule has 1 fully saturated rings. The van der Waals surface area contributed by atoms with Crippen molar-refractivity contribution in [2.45, 2.75) is 19.4 Å². The summed E-state index contributed by atoms with van der Waals surface area (Å²) in [5.41, 5.74) is -0.0489. The molecule has 1 aromatic carbocycles. The zero-order chi connectivity index (χ0) is 14.8. The Morgan fingerprint density at radius 2 is 2.30 bits per heavy atom. The number of rotatable bonds is 3. The van der Waals surface area contributed by atoms with Crippen LogP contribution < -0.4 is 5.32 Å². The van der Waals surface area contributed by atoms with Crippen LogP contribution in [0.4, 0.5) is 10.1 Å². The molecule has 1 heterocycles. The number of amides is 1. The standard InChI is InChI=1S/C14H18BrFN2O2/c1-14(2)9-18(5-6-20-14)8-13(19)17-12-4-3-10(15)7-11(12)16/h3-4,7H,5-6,8-9H2,1-2H3,(H,17,19). The summed E-state index contributed by atoms with van der Waals surface area (Å²) in [6.45, 7) is 6.22. The average Bonchev–Trinajstić information content (AvgIpc) is 2.31. The summed E-state index contributed by atoms with van der Waals surface area (Å²) in [6, 6.07) is 4.56. The number of carbonyl (C=O) groups excluding carboxylic acids is 1. The highest BCUT2D eigenvalue weighted by molar-refractivity contribution is 9.10. The number of halogens is 2. The highest BCUT2D eigenvalue weighted by Crippen LogP contribution is 2.20. The molecular formula is C14H18BrFN2O2. The van der Waals surface area contributed by atoms with Crippen molar-refractivity contribution in [1.82, 2.24) is 4.90 Å². The van der Waals surface area contributed by atoms with Crippen molar-refractivity contribution in [3.05, 3.63) is 28.5 Å². The lowest BCUT2D eigenvalue weighted by Gasteiger charge is -2.37. The summed E-state index contributed by atoms with van der Waals surface area (Å²) >= 11 is 3.18. The Bertz CT molecular complexity index is 508. The summed E-state index contributed by atoms with van der Waals surface area (Å²) in [4.78, 5) is 14.0. The Labute approximate surface area is 126 Å². The maximum atomic E-state index is 13.6. The van der Waals surface area contributed by atoms with Gasteiger partial charge in [-0.1, -0.05) is 15.9 Å². The molecule has 0 radical (unpaired) electrons. The summed E-state index contributed by atoms with van der Waals surface area (Å²) in [5.74, 6) is -0.668. The topological polar surface area (TPSA) is 41.6 Å². The SMILES string of the molecule is CC1(C)CN(CC(=O)Nc2ccc(Br)cc2F)CCO1. The molecule has 0 saturated carbocycles. The van der Waals surface area contributed by atoms with Crippen molar-refractivity contribution in [3.8, 4) is 0 Å². The Hall–Kier alpha value is -0.980. The van der Waals surface area contributed by atoms with E-state index in [0.29, 0.717) is 24.2 Å². The van der Waals surface area contributed by atoms with Crippen LogP contribution in [-0.4, -0.2) is 42.6 Å². The third-order valence-corrected chi connectivity index (χ3v) is 3.57. The number of nitrogens with zero attached hydrogens (tertiary/aromatic N) is 1. The van der Waals surface area contributed by atoms with Crippen molar-refractivity contribution >= 4 is 27.5 Å². The van der Waals surface area contributed by atoms with E-state index in [1.807, 2.05) is 18.7 Å². The van der Waals surface area contributed by atoms with Crippen molar-refractivity contribution in [1.29, 1.82) is 0 Å². The molecular weight excluding hydrogens is 327 g/mol. The van der Waals surface area contributed by atoms with Crippen LogP contribution in [0.3, 0.4) is 0 Å². The zero-order valence-electron chi connectivity index (χ0n) is 11.6. The van der Waals surface area contributed by atoms with E-state index in [0.717, 1.165) is 0 Å². The maximum Gasteiger partial charge on any atom is 0.238 e. The van der Waals surface area contributed by atoms with Crippen molar-refractivity contribution in [2.75, 3.05) is 31.6 Å². The molecule has 1 saturated heterocycles. The van der Waals surface area contributed by atoms with E-state index in [4.69, 9.17) is 4.74 Å². The molecule has 0 spiro atoms. The van der Waals surface area contributed by atoms with E-state index < -0.39 is 5.82 Å². The van der Waals surface area contributed by atoms with Gasteiger partial charge in [0.2, 0.25) is 5.91 Å². The predicted octanol–water partition coefficient (Wildman–Crippen LogP) is 2.64. The summed E-state index contributed by atoms with van der Waals surface area (Å²) < 4.78 is 19.9. The number of carbonyl (C=O) groups is 1. The molecule has 4 nitrogen and oxygen atoms in total. The van der Waals surface area contributed by atoms with Gasteiger partial charge < -0.3 is 10.1 Å². The van der Waals surface area contributed by atoms with Gasteiger partial charge in [0.15, 0.2) is 0 Å². The molecule has 1 aliphatic rings. The van der Waals surface area contributed by atoms with Gasteiger partial charge in [0, 0.05) is 17.6 Å². The molecule has 0 aromatic heterocycles. The van der Waals surface area contributed by atoms with Crippen LogP contribution in [-0.2, 0) is 9.53 Å². The van der Waals surface area contributed by atoms with Gasteiger partial charge in [0.05, 0.1) is 24.4 Å². The van der Waals surface area contributed by atoms with E-state index in [2.05, 4.69) is 21.2 Å². The van der Waals surface area contributed by atoms with Crippen molar-refractivity contribution in [2.24, 2.45) is 0 Å². The zero-order valence-corrected chi connectivity index (χ0v) is 13.2. The van der Waals surface area contributed by atoms with Gasteiger partial charge in [-0.05, 0) is 32.0 Å². The van der Waals surface area contributed by atoms with E-state index in [9.17, 15) is 9.18 Å². The van der Waals surface area contributed by atoms with Gasteiger partial charge in [-0.3, -0.25) is 9.69 Å². The minimum absolute atomic E-state index is 0.200. The number of hydrogen-bond donors (Lipinski definition) is 1.